The molecule has 0 saturated heterocycles. The van der Waals surface area contributed by atoms with E-state index in [4.69, 9.17) is 24.7 Å². The van der Waals surface area contributed by atoms with Crippen LogP contribution in [0.5, 0.6) is 23.0 Å². The molecule has 2 aliphatic rings. The molecule has 1 aliphatic carbocycles. The van der Waals surface area contributed by atoms with Gasteiger partial charge >= 0.3 is 0 Å². The number of Topliss-reactive ketones (excluding diaryl/α,β-unsaturated/α-hetero) is 1. The molecule has 0 spiro atoms. The Kier molecular flexibility index (Phi) is 9.26. The standard InChI is InChI=1S/C30H30N6O6S2/c1-39-18-10-8-16(9-11-18)25-19(14-31)28(32)36(20-6-5-7-21(37)26(20)25)29-34-35-30(44-29)43-15-24(38)33-17-12-22(40-2)27(42-4)23(13-17)41-3/h8-13,25H,5-7,15,32H2,1-4H3,(H,33,38). The number of nitrogens with one attached hydrogen (secondary N) is 1. The van der Waals surface area contributed by atoms with E-state index < -0.39 is 5.92 Å². The number of carbonyl (C=O) groups excluding carboxylic acids is 2. The summed E-state index contributed by atoms with van der Waals surface area (Å²) in [4.78, 5) is 27.8. The summed E-state index contributed by atoms with van der Waals surface area (Å²) >= 11 is 2.43. The van der Waals surface area contributed by atoms with Gasteiger partial charge in [-0.2, -0.15) is 5.26 Å². The number of ketones is 1. The lowest BCUT2D eigenvalue weighted by Crippen LogP contribution is -2.38. The second-order valence-electron chi connectivity index (χ2n) is 9.69. The van der Waals surface area contributed by atoms with Gasteiger partial charge in [0.05, 0.1) is 51.8 Å². The number of amides is 1. The van der Waals surface area contributed by atoms with E-state index in [1.54, 1.807) is 36.3 Å². The minimum absolute atomic E-state index is 0.0279. The van der Waals surface area contributed by atoms with E-state index in [-0.39, 0.29) is 28.8 Å². The largest absolute Gasteiger partial charge is 0.497 e. The molecular weight excluding hydrogens is 605 g/mol. The van der Waals surface area contributed by atoms with Gasteiger partial charge < -0.3 is 30.0 Å². The first-order valence-electron chi connectivity index (χ1n) is 13.5. The molecule has 14 heteroatoms. The summed E-state index contributed by atoms with van der Waals surface area (Å²) in [5.74, 6) is 1.26. The van der Waals surface area contributed by atoms with Crippen molar-refractivity contribution in [3.05, 3.63) is 64.6 Å². The first-order chi connectivity index (χ1) is 21.3. The maximum atomic E-state index is 13.3. The van der Waals surface area contributed by atoms with Crippen LogP contribution in [0.4, 0.5) is 10.8 Å². The van der Waals surface area contributed by atoms with Gasteiger partial charge in [-0.3, -0.25) is 14.5 Å². The molecule has 1 aliphatic heterocycles. The number of methoxy groups -OCH3 is 4. The number of thioether (sulfide) groups is 1. The number of aromatic nitrogens is 2. The van der Waals surface area contributed by atoms with E-state index in [0.29, 0.717) is 68.7 Å². The number of hydrogen-bond acceptors (Lipinski definition) is 13. The predicted molar refractivity (Wildman–Crippen MR) is 166 cm³/mol. The van der Waals surface area contributed by atoms with Crippen LogP contribution in [0.1, 0.15) is 30.7 Å². The van der Waals surface area contributed by atoms with Crippen molar-refractivity contribution in [2.75, 3.05) is 44.4 Å². The number of allylic oxidation sites excluding steroid dienone is 3. The van der Waals surface area contributed by atoms with Crippen LogP contribution in [-0.4, -0.2) is 56.1 Å². The summed E-state index contributed by atoms with van der Waals surface area (Å²) in [6.45, 7) is 0. The molecule has 0 fully saturated rings. The Morgan fingerprint density at radius 1 is 1.09 bits per heavy atom. The molecule has 2 aromatic carbocycles. The second-order valence-corrected chi connectivity index (χ2v) is 11.9. The summed E-state index contributed by atoms with van der Waals surface area (Å²) in [5, 5.41) is 22.1. The average Bonchev–Trinajstić information content (AvgIpc) is 3.51. The van der Waals surface area contributed by atoms with Crippen molar-refractivity contribution in [1.29, 1.82) is 5.26 Å². The fourth-order valence-electron chi connectivity index (χ4n) is 5.26. The Labute approximate surface area is 262 Å². The molecule has 1 unspecified atom stereocenters. The number of benzene rings is 2. The molecule has 5 rings (SSSR count). The Balaban J connectivity index is 1.37. The quantitative estimate of drug-likeness (QED) is 0.298. The number of nitrogens with two attached hydrogens (primary N) is 1. The molecule has 44 heavy (non-hydrogen) atoms. The number of rotatable bonds is 10. The molecule has 0 saturated carbocycles. The van der Waals surface area contributed by atoms with Gasteiger partial charge in [0.25, 0.3) is 0 Å². The molecule has 3 N–H and O–H groups in total. The average molecular weight is 635 g/mol. The van der Waals surface area contributed by atoms with Gasteiger partial charge in [-0.05, 0) is 30.5 Å². The Morgan fingerprint density at radius 3 is 2.41 bits per heavy atom. The summed E-state index contributed by atoms with van der Waals surface area (Å²) in [7, 11) is 6.07. The second kappa shape index (κ2) is 13.3. The highest BCUT2D eigenvalue weighted by atomic mass is 32.2. The molecule has 1 atom stereocenters. The molecule has 3 aromatic rings. The number of anilines is 2. The zero-order valence-electron chi connectivity index (χ0n) is 24.5. The highest BCUT2D eigenvalue weighted by Gasteiger charge is 2.41. The third-order valence-corrected chi connectivity index (χ3v) is 9.27. The molecule has 12 nitrogen and oxygen atoms in total. The van der Waals surface area contributed by atoms with Gasteiger partial charge in [0, 0.05) is 35.5 Å². The highest BCUT2D eigenvalue weighted by molar-refractivity contribution is 8.01. The maximum absolute atomic E-state index is 13.3. The van der Waals surface area contributed by atoms with E-state index >= 15 is 0 Å². The molecule has 1 aromatic heterocycles. The van der Waals surface area contributed by atoms with Crippen molar-refractivity contribution < 1.29 is 28.5 Å². The van der Waals surface area contributed by atoms with E-state index in [2.05, 4.69) is 21.6 Å². The van der Waals surface area contributed by atoms with Crippen LogP contribution in [0.2, 0.25) is 0 Å². The minimum Gasteiger partial charge on any atom is -0.497 e. The van der Waals surface area contributed by atoms with Gasteiger partial charge in [0.15, 0.2) is 21.6 Å². The zero-order chi connectivity index (χ0) is 31.4. The molecule has 2 heterocycles. The Morgan fingerprint density at radius 2 is 1.80 bits per heavy atom. The molecule has 0 radical (unpaired) electrons. The summed E-state index contributed by atoms with van der Waals surface area (Å²) < 4.78 is 21.8. The third kappa shape index (κ3) is 5.88. The zero-order valence-corrected chi connectivity index (χ0v) is 26.1. The van der Waals surface area contributed by atoms with Crippen LogP contribution >= 0.6 is 23.1 Å². The van der Waals surface area contributed by atoms with Crippen LogP contribution in [0.3, 0.4) is 0 Å². The minimum atomic E-state index is -0.592. The van der Waals surface area contributed by atoms with Gasteiger partial charge in [-0.25, -0.2) is 0 Å². The Hall–Kier alpha value is -4.74. The van der Waals surface area contributed by atoms with Crippen molar-refractivity contribution >= 4 is 45.6 Å². The third-order valence-electron chi connectivity index (χ3n) is 7.22. The van der Waals surface area contributed by atoms with Crippen molar-refractivity contribution in [1.82, 2.24) is 10.2 Å². The molecule has 228 valence electrons. The van der Waals surface area contributed by atoms with Crippen LogP contribution < -0.4 is 34.9 Å². The lowest BCUT2D eigenvalue weighted by molar-refractivity contribution is -0.116. The predicted octanol–water partition coefficient (Wildman–Crippen LogP) is 4.61. The number of ether oxygens (including phenoxy) is 4. The normalized spacial score (nSPS) is 16.3. The van der Waals surface area contributed by atoms with E-state index in [0.717, 1.165) is 5.56 Å². The van der Waals surface area contributed by atoms with Gasteiger partial charge in [0.1, 0.15) is 11.6 Å². The lowest BCUT2D eigenvalue weighted by atomic mass is 9.76. The maximum Gasteiger partial charge on any atom is 0.234 e. The van der Waals surface area contributed by atoms with E-state index in [1.807, 2.05) is 12.1 Å². The fourth-order valence-corrected chi connectivity index (χ4v) is 6.94. The van der Waals surface area contributed by atoms with Crippen molar-refractivity contribution in [3.63, 3.8) is 0 Å². The summed E-state index contributed by atoms with van der Waals surface area (Å²) in [5.41, 5.74) is 9.41. The Bertz CT molecular complexity index is 1670. The number of nitrogens with zero attached hydrogens (tertiary/aromatic N) is 4. The SMILES string of the molecule is COc1ccc(C2C(C#N)=C(N)N(c3nnc(SCC(=O)Nc4cc(OC)c(OC)c(OC)c4)s3)C3=C2C(=O)CCC3)cc1. The first kappa shape index (κ1) is 30.7. The lowest BCUT2D eigenvalue weighted by Gasteiger charge is -2.38. The smallest absolute Gasteiger partial charge is 0.234 e. The van der Waals surface area contributed by atoms with Crippen LogP contribution in [0.25, 0.3) is 0 Å². The molecular formula is C30H30N6O6S2. The van der Waals surface area contributed by atoms with E-state index in [9.17, 15) is 14.9 Å². The number of carbonyl (C=O) groups is 2. The van der Waals surface area contributed by atoms with Crippen molar-refractivity contribution in [2.24, 2.45) is 5.73 Å². The molecule has 0 bridgehead atoms. The van der Waals surface area contributed by atoms with Crippen molar-refractivity contribution in [2.45, 2.75) is 29.5 Å². The van der Waals surface area contributed by atoms with Crippen LogP contribution in [-0.2, 0) is 9.59 Å². The van der Waals surface area contributed by atoms with Gasteiger partial charge in [-0.15, -0.1) is 10.2 Å². The number of nitriles is 1. The molecule has 1 amide bonds. The topological polar surface area (TPSA) is 162 Å². The summed E-state index contributed by atoms with van der Waals surface area (Å²) in [6, 6.07) is 12.8. The van der Waals surface area contributed by atoms with Crippen LogP contribution in [0, 0.1) is 11.3 Å². The van der Waals surface area contributed by atoms with Crippen molar-refractivity contribution in [3.8, 4) is 29.1 Å². The van der Waals surface area contributed by atoms with Crippen LogP contribution in [0.15, 0.2) is 63.4 Å². The monoisotopic (exact) mass is 634 g/mol. The van der Waals surface area contributed by atoms with Gasteiger partial charge in [0.2, 0.25) is 16.8 Å². The summed E-state index contributed by atoms with van der Waals surface area (Å²) in [6.07, 6.45) is 1.63. The first-order valence-corrected chi connectivity index (χ1v) is 15.3. The van der Waals surface area contributed by atoms with E-state index in [1.165, 1.54) is 44.4 Å². The highest BCUT2D eigenvalue weighted by Crippen LogP contribution is 2.47. The number of hydrogen-bond donors (Lipinski definition) is 2. The van der Waals surface area contributed by atoms with Gasteiger partial charge in [-0.1, -0.05) is 35.2 Å². The fraction of sp³-hybridized carbons (Fsp3) is 0.300.